The van der Waals surface area contributed by atoms with E-state index in [1.54, 1.807) is 6.20 Å². The molecule has 1 fully saturated rings. The smallest absolute Gasteiger partial charge is 0.120 e. The van der Waals surface area contributed by atoms with Crippen molar-refractivity contribution in [2.45, 2.75) is 44.8 Å². The zero-order valence-electron chi connectivity index (χ0n) is 9.29. The van der Waals surface area contributed by atoms with Crippen LogP contribution in [0.4, 0.5) is 0 Å². The van der Waals surface area contributed by atoms with Crippen molar-refractivity contribution in [1.82, 2.24) is 20.6 Å². The molecule has 0 aromatic carbocycles. The predicted molar refractivity (Wildman–Crippen MR) is 60.5 cm³/mol. The van der Waals surface area contributed by atoms with Crippen LogP contribution in [-0.4, -0.2) is 28.6 Å². The zero-order valence-corrected chi connectivity index (χ0v) is 9.29. The summed E-state index contributed by atoms with van der Waals surface area (Å²) in [5, 5.41) is 7.00. The van der Waals surface area contributed by atoms with E-state index in [9.17, 15) is 0 Å². The second-order valence-corrected chi connectivity index (χ2v) is 4.35. The number of nitrogens with zero attached hydrogens (tertiary/aromatic N) is 1. The molecule has 1 aliphatic rings. The lowest BCUT2D eigenvalue weighted by atomic mass is 10.1. The molecule has 2 unspecified atom stereocenters. The third-order valence-electron chi connectivity index (χ3n) is 2.97. The Balaban J connectivity index is 1.66. The van der Waals surface area contributed by atoms with Crippen LogP contribution in [0.15, 0.2) is 12.4 Å². The molecule has 0 aliphatic carbocycles. The molecule has 2 atom stereocenters. The molecule has 0 radical (unpaired) electrons. The van der Waals surface area contributed by atoms with Crippen molar-refractivity contribution in [1.29, 1.82) is 0 Å². The minimum absolute atomic E-state index is 0.547. The molecular formula is C11H20N4. The maximum Gasteiger partial charge on any atom is 0.120 e. The zero-order chi connectivity index (χ0) is 10.5. The van der Waals surface area contributed by atoms with Gasteiger partial charge in [-0.25, -0.2) is 4.98 Å². The fourth-order valence-electron chi connectivity index (χ4n) is 2.13. The van der Waals surface area contributed by atoms with Crippen LogP contribution >= 0.6 is 0 Å². The number of aromatic nitrogens is 2. The molecule has 2 rings (SSSR count). The molecule has 0 saturated carbocycles. The van der Waals surface area contributed by atoms with E-state index in [1.807, 2.05) is 6.20 Å². The Bertz CT molecular complexity index is 264. The van der Waals surface area contributed by atoms with Crippen LogP contribution < -0.4 is 10.6 Å². The Morgan fingerprint density at radius 3 is 3.27 bits per heavy atom. The minimum atomic E-state index is 0.547. The van der Waals surface area contributed by atoms with Gasteiger partial charge < -0.3 is 15.6 Å². The predicted octanol–water partition coefficient (Wildman–Crippen LogP) is 1.03. The first-order valence-corrected chi connectivity index (χ1v) is 5.79. The highest BCUT2D eigenvalue weighted by Crippen LogP contribution is 2.10. The quantitative estimate of drug-likeness (QED) is 0.677. The van der Waals surface area contributed by atoms with Crippen molar-refractivity contribution < 1.29 is 0 Å². The normalized spacial score (nSPS) is 23.1. The Morgan fingerprint density at radius 1 is 1.67 bits per heavy atom. The summed E-state index contributed by atoms with van der Waals surface area (Å²) in [7, 11) is 0. The molecule has 0 bridgehead atoms. The first-order chi connectivity index (χ1) is 7.34. The third-order valence-corrected chi connectivity index (χ3v) is 2.97. The molecule has 1 aromatic heterocycles. The van der Waals surface area contributed by atoms with Crippen LogP contribution in [0.5, 0.6) is 0 Å². The monoisotopic (exact) mass is 208 g/mol. The lowest BCUT2D eigenvalue weighted by molar-refractivity contribution is 0.436. The minimum Gasteiger partial charge on any atom is -0.348 e. The molecule has 4 nitrogen and oxygen atoms in total. The second kappa shape index (κ2) is 5.28. The maximum atomic E-state index is 4.19. The Hall–Kier alpha value is -0.870. The van der Waals surface area contributed by atoms with Gasteiger partial charge in [0, 0.05) is 24.5 Å². The summed E-state index contributed by atoms with van der Waals surface area (Å²) in [5.41, 5.74) is 0. The molecule has 15 heavy (non-hydrogen) atoms. The summed E-state index contributed by atoms with van der Waals surface area (Å²) in [6.07, 6.45) is 7.52. The van der Waals surface area contributed by atoms with Crippen LogP contribution in [0.25, 0.3) is 0 Å². The third kappa shape index (κ3) is 3.32. The average molecular weight is 208 g/mol. The van der Waals surface area contributed by atoms with Crippen LogP contribution in [0, 0.1) is 0 Å². The van der Waals surface area contributed by atoms with Crippen molar-refractivity contribution in [3.63, 3.8) is 0 Å². The van der Waals surface area contributed by atoms with Crippen molar-refractivity contribution in [3.8, 4) is 0 Å². The van der Waals surface area contributed by atoms with Crippen LogP contribution in [0.2, 0.25) is 0 Å². The summed E-state index contributed by atoms with van der Waals surface area (Å²) in [4.78, 5) is 7.28. The van der Waals surface area contributed by atoms with Gasteiger partial charge in [-0.05, 0) is 32.7 Å². The fourth-order valence-corrected chi connectivity index (χ4v) is 2.13. The van der Waals surface area contributed by atoms with E-state index in [1.165, 1.54) is 25.8 Å². The van der Waals surface area contributed by atoms with E-state index >= 15 is 0 Å². The summed E-state index contributed by atoms with van der Waals surface area (Å²) >= 11 is 0. The van der Waals surface area contributed by atoms with Gasteiger partial charge in [0.1, 0.15) is 5.82 Å². The van der Waals surface area contributed by atoms with E-state index in [-0.39, 0.29) is 0 Å². The van der Waals surface area contributed by atoms with Gasteiger partial charge in [-0.15, -0.1) is 0 Å². The lowest BCUT2D eigenvalue weighted by Gasteiger charge is -2.17. The van der Waals surface area contributed by atoms with Crippen LogP contribution in [0.1, 0.15) is 32.0 Å². The number of H-pyrrole nitrogens is 1. The number of hydrogen-bond acceptors (Lipinski definition) is 3. The Labute approximate surface area is 90.9 Å². The molecule has 1 aromatic rings. The van der Waals surface area contributed by atoms with Gasteiger partial charge >= 0.3 is 0 Å². The number of aromatic amines is 1. The van der Waals surface area contributed by atoms with Crippen molar-refractivity contribution in [2.75, 3.05) is 6.54 Å². The first kappa shape index (κ1) is 10.6. The Morgan fingerprint density at radius 2 is 2.60 bits per heavy atom. The first-order valence-electron chi connectivity index (χ1n) is 5.79. The van der Waals surface area contributed by atoms with Crippen LogP contribution in [-0.2, 0) is 6.54 Å². The summed E-state index contributed by atoms with van der Waals surface area (Å²) < 4.78 is 0. The highest BCUT2D eigenvalue weighted by molar-refractivity contribution is 4.87. The average Bonchev–Trinajstić information content (AvgIpc) is 2.86. The molecule has 3 N–H and O–H groups in total. The summed E-state index contributed by atoms with van der Waals surface area (Å²) in [5.74, 6) is 1.02. The van der Waals surface area contributed by atoms with Gasteiger partial charge in [-0.2, -0.15) is 0 Å². The molecule has 1 aliphatic heterocycles. The largest absolute Gasteiger partial charge is 0.348 e. The lowest BCUT2D eigenvalue weighted by Crippen LogP contribution is -2.33. The molecule has 84 valence electrons. The highest BCUT2D eigenvalue weighted by Gasteiger charge is 2.16. The van der Waals surface area contributed by atoms with Gasteiger partial charge in [0.2, 0.25) is 0 Å². The topological polar surface area (TPSA) is 52.7 Å². The van der Waals surface area contributed by atoms with Gasteiger partial charge in [-0.3, -0.25) is 0 Å². The van der Waals surface area contributed by atoms with Gasteiger partial charge in [0.25, 0.3) is 0 Å². The molecule has 4 heteroatoms. The molecule has 1 saturated heterocycles. The van der Waals surface area contributed by atoms with Crippen molar-refractivity contribution in [2.24, 2.45) is 0 Å². The standard InChI is InChI=1S/C11H20N4/c1-9(7-10-3-2-4-12-10)15-8-11-13-5-6-14-11/h5-6,9-10,12,15H,2-4,7-8H2,1H3,(H,13,14). The molecule has 0 spiro atoms. The van der Waals surface area contributed by atoms with E-state index in [2.05, 4.69) is 27.5 Å². The number of imidazole rings is 1. The van der Waals surface area contributed by atoms with E-state index in [4.69, 9.17) is 0 Å². The maximum absolute atomic E-state index is 4.19. The van der Waals surface area contributed by atoms with Gasteiger partial charge in [0.15, 0.2) is 0 Å². The SMILES string of the molecule is CC(CC1CCCN1)NCc1ncc[nH]1. The van der Waals surface area contributed by atoms with E-state index in [0.29, 0.717) is 12.1 Å². The van der Waals surface area contributed by atoms with Crippen molar-refractivity contribution >= 4 is 0 Å². The van der Waals surface area contributed by atoms with Crippen LogP contribution in [0.3, 0.4) is 0 Å². The number of rotatable bonds is 5. The van der Waals surface area contributed by atoms with E-state index < -0.39 is 0 Å². The second-order valence-electron chi connectivity index (χ2n) is 4.35. The number of hydrogen-bond donors (Lipinski definition) is 3. The van der Waals surface area contributed by atoms with Gasteiger partial charge in [-0.1, -0.05) is 0 Å². The summed E-state index contributed by atoms with van der Waals surface area (Å²) in [6, 6.07) is 1.26. The summed E-state index contributed by atoms with van der Waals surface area (Å²) in [6.45, 7) is 4.26. The fraction of sp³-hybridized carbons (Fsp3) is 0.727. The molecule has 2 heterocycles. The highest BCUT2D eigenvalue weighted by atomic mass is 15.0. The van der Waals surface area contributed by atoms with Crippen molar-refractivity contribution in [3.05, 3.63) is 18.2 Å². The molecular weight excluding hydrogens is 188 g/mol. The number of nitrogens with one attached hydrogen (secondary N) is 3. The van der Waals surface area contributed by atoms with Gasteiger partial charge in [0.05, 0.1) is 6.54 Å². The molecule has 0 amide bonds. The Kier molecular flexibility index (Phi) is 3.75. The van der Waals surface area contributed by atoms with E-state index in [0.717, 1.165) is 12.4 Å².